The second-order valence-corrected chi connectivity index (χ2v) is 8.71. The molecule has 0 radical (unpaired) electrons. The van der Waals surface area contributed by atoms with Crippen molar-refractivity contribution in [3.05, 3.63) is 82.8 Å². The van der Waals surface area contributed by atoms with Crippen molar-refractivity contribution >= 4 is 23.5 Å². The Morgan fingerprint density at radius 2 is 2.05 bits per heavy atom. The topological polar surface area (TPSA) is 137 Å². The predicted octanol–water partition coefficient (Wildman–Crippen LogP) is 2.33. The highest BCUT2D eigenvalue weighted by molar-refractivity contribution is 5.98. The van der Waals surface area contributed by atoms with Crippen LogP contribution in [0.4, 0.5) is 11.6 Å². The van der Waals surface area contributed by atoms with Crippen LogP contribution in [0.15, 0.2) is 54.9 Å². The summed E-state index contributed by atoms with van der Waals surface area (Å²) < 4.78 is 6.99. The predicted molar refractivity (Wildman–Crippen MR) is 142 cm³/mol. The first-order valence-corrected chi connectivity index (χ1v) is 11.9. The van der Waals surface area contributed by atoms with Crippen LogP contribution in [0.5, 0.6) is 5.88 Å². The molecule has 0 aliphatic carbocycles. The number of aromatic nitrogens is 4. The highest BCUT2D eigenvalue weighted by atomic mass is 16.5. The Morgan fingerprint density at radius 1 is 1.18 bits per heavy atom. The van der Waals surface area contributed by atoms with Crippen LogP contribution in [0, 0.1) is 11.8 Å². The second-order valence-electron chi connectivity index (χ2n) is 8.71. The number of methoxy groups -OCH3 is 1. The van der Waals surface area contributed by atoms with E-state index in [2.05, 4.69) is 37.4 Å². The molecule has 5 rings (SSSR count). The Morgan fingerprint density at radius 3 is 2.82 bits per heavy atom. The maximum Gasteiger partial charge on any atom is 0.253 e. The molecule has 4 N–H and O–H groups in total. The van der Waals surface area contributed by atoms with E-state index >= 15 is 0 Å². The Balaban J connectivity index is 1.37. The van der Waals surface area contributed by atoms with Gasteiger partial charge in [-0.05, 0) is 29.8 Å². The smallest absolute Gasteiger partial charge is 0.253 e. The van der Waals surface area contributed by atoms with Crippen LogP contribution < -0.4 is 21.1 Å². The molecular formula is C28H25N7O3. The van der Waals surface area contributed by atoms with E-state index in [1.54, 1.807) is 24.5 Å². The lowest BCUT2D eigenvalue weighted by atomic mass is 10.1. The molecule has 190 valence electrons. The van der Waals surface area contributed by atoms with Crippen LogP contribution in [0.25, 0.3) is 11.4 Å². The van der Waals surface area contributed by atoms with Crippen LogP contribution >= 0.6 is 0 Å². The number of carbonyl (C=O) groups is 2. The van der Waals surface area contributed by atoms with Crippen LogP contribution in [-0.2, 0) is 24.7 Å². The Labute approximate surface area is 219 Å². The largest absolute Gasteiger partial charge is 0.481 e. The van der Waals surface area contributed by atoms with Crippen LogP contribution in [0.1, 0.15) is 32.7 Å². The fourth-order valence-electron chi connectivity index (χ4n) is 4.31. The number of carbonyl (C=O) groups excluding carboxylic acids is 2. The molecule has 10 heteroatoms. The number of nitrogen functional groups attached to an aromatic ring is 1. The summed E-state index contributed by atoms with van der Waals surface area (Å²) in [4.78, 5) is 37.5. The third-order valence-corrected chi connectivity index (χ3v) is 6.16. The molecule has 4 aromatic rings. The number of benzene rings is 1. The molecule has 4 heterocycles. The lowest BCUT2D eigenvalue weighted by Gasteiger charge is -2.14. The second kappa shape index (κ2) is 10.4. The zero-order valence-electron chi connectivity index (χ0n) is 20.9. The minimum atomic E-state index is -0.173. The van der Waals surface area contributed by atoms with Crippen molar-refractivity contribution in [2.45, 2.75) is 12.8 Å². The summed E-state index contributed by atoms with van der Waals surface area (Å²) in [6.07, 6.45) is 4.03. The number of fused-ring (bicyclic) bond motifs is 1. The first-order valence-electron chi connectivity index (χ1n) is 11.9. The van der Waals surface area contributed by atoms with Gasteiger partial charge in [-0.2, -0.15) is 0 Å². The molecular weight excluding hydrogens is 482 g/mol. The highest BCUT2D eigenvalue weighted by Gasteiger charge is 2.24. The number of anilines is 2. The van der Waals surface area contributed by atoms with Crippen molar-refractivity contribution < 1.29 is 14.3 Å². The minimum absolute atomic E-state index is 0.105. The Bertz CT molecular complexity index is 1600. The van der Waals surface area contributed by atoms with Crippen molar-refractivity contribution in [1.82, 2.24) is 24.8 Å². The highest BCUT2D eigenvalue weighted by Crippen LogP contribution is 2.28. The molecule has 38 heavy (non-hydrogen) atoms. The summed E-state index contributed by atoms with van der Waals surface area (Å²) in [5.41, 5.74) is 11.5. The van der Waals surface area contributed by atoms with Crippen molar-refractivity contribution in [2.24, 2.45) is 7.05 Å². The average Bonchev–Trinajstić information content (AvgIpc) is 3.26. The van der Waals surface area contributed by atoms with Gasteiger partial charge in [0.2, 0.25) is 17.7 Å². The van der Waals surface area contributed by atoms with Crippen LogP contribution in [0.3, 0.4) is 0 Å². The number of nitrogens with one attached hydrogen (secondary N) is 2. The molecule has 2 amide bonds. The summed E-state index contributed by atoms with van der Waals surface area (Å²) in [6, 6.07) is 12.7. The third-order valence-electron chi connectivity index (χ3n) is 6.16. The quantitative estimate of drug-likeness (QED) is 0.353. The minimum Gasteiger partial charge on any atom is -0.481 e. The maximum absolute atomic E-state index is 12.5. The van der Waals surface area contributed by atoms with Crippen molar-refractivity contribution in [3.8, 4) is 29.1 Å². The number of ether oxygens (including phenoxy) is 1. The zero-order valence-corrected chi connectivity index (χ0v) is 20.9. The Hall–Kier alpha value is -5.17. The van der Waals surface area contributed by atoms with Crippen molar-refractivity contribution in [2.75, 3.05) is 24.7 Å². The number of nitrogens with two attached hydrogens (primary N) is 1. The molecule has 3 aromatic heterocycles. The number of hydrogen-bond acceptors (Lipinski definition) is 7. The Kier molecular flexibility index (Phi) is 6.74. The first-order chi connectivity index (χ1) is 18.4. The molecule has 0 spiro atoms. The molecule has 1 aliphatic heterocycles. The number of hydrogen-bond donors (Lipinski definition) is 3. The fourth-order valence-corrected chi connectivity index (χ4v) is 4.31. The number of rotatable bonds is 5. The molecule has 0 fully saturated rings. The molecule has 1 aromatic carbocycles. The number of amides is 2. The van der Waals surface area contributed by atoms with E-state index in [0.29, 0.717) is 34.9 Å². The van der Waals surface area contributed by atoms with Crippen LogP contribution in [0.2, 0.25) is 0 Å². The molecule has 0 saturated carbocycles. The van der Waals surface area contributed by atoms with Gasteiger partial charge in [0.1, 0.15) is 5.69 Å². The molecule has 0 unspecified atom stereocenters. The van der Waals surface area contributed by atoms with Crippen molar-refractivity contribution in [3.63, 3.8) is 0 Å². The molecule has 10 nitrogen and oxygen atoms in total. The van der Waals surface area contributed by atoms with Gasteiger partial charge in [0.05, 0.1) is 42.2 Å². The van der Waals surface area contributed by atoms with Gasteiger partial charge in [0, 0.05) is 43.5 Å². The van der Waals surface area contributed by atoms with Gasteiger partial charge < -0.3 is 25.7 Å². The summed E-state index contributed by atoms with van der Waals surface area (Å²) >= 11 is 0. The van der Waals surface area contributed by atoms with Crippen molar-refractivity contribution in [1.29, 1.82) is 0 Å². The van der Waals surface area contributed by atoms with Gasteiger partial charge in [0.15, 0.2) is 0 Å². The summed E-state index contributed by atoms with van der Waals surface area (Å²) in [7, 11) is 3.44. The zero-order chi connectivity index (χ0) is 26.6. The molecule has 0 saturated heterocycles. The summed E-state index contributed by atoms with van der Waals surface area (Å²) in [5, 5.41) is 5.69. The monoisotopic (exact) mass is 507 g/mol. The standard InChI is InChI=1S/C28H25N7O3/c1-35-22-10-11-30-27(37)21(22)14-23(35)26-19(15-32-28(29)34-26)7-6-17-4-3-5-18(12-17)13-24(36)33-20-8-9-25(38-2)31-16-20/h3-5,8-9,12,14-16H,10-11,13H2,1-2H3,(H,30,37)(H,33,36)(H2,29,32,34). The average molecular weight is 508 g/mol. The van der Waals surface area contributed by atoms with Gasteiger partial charge >= 0.3 is 0 Å². The van der Waals surface area contributed by atoms with Gasteiger partial charge in [-0.25, -0.2) is 15.0 Å². The van der Waals surface area contributed by atoms with Gasteiger partial charge in [-0.1, -0.05) is 24.0 Å². The SMILES string of the molecule is COc1ccc(NC(=O)Cc2cccc(C#Cc3cnc(N)nc3-c3cc4c(n3C)CCNC4=O)c2)cn1. The van der Waals surface area contributed by atoms with Gasteiger partial charge in [-0.3, -0.25) is 9.59 Å². The molecule has 0 atom stereocenters. The van der Waals surface area contributed by atoms with E-state index < -0.39 is 0 Å². The van der Waals surface area contributed by atoms with E-state index in [0.717, 1.165) is 28.9 Å². The number of pyridine rings is 1. The fraction of sp³-hybridized carbons (Fsp3) is 0.179. The third kappa shape index (κ3) is 5.17. The van der Waals surface area contributed by atoms with E-state index in [-0.39, 0.29) is 24.2 Å². The summed E-state index contributed by atoms with van der Waals surface area (Å²) in [5.74, 6) is 6.60. The maximum atomic E-state index is 12.5. The summed E-state index contributed by atoms with van der Waals surface area (Å²) in [6.45, 7) is 0.590. The van der Waals surface area contributed by atoms with Gasteiger partial charge in [0.25, 0.3) is 5.91 Å². The number of nitrogens with zero attached hydrogens (tertiary/aromatic N) is 4. The molecule has 1 aliphatic rings. The van der Waals surface area contributed by atoms with Crippen LogP contribution in [-0.4, -0.2) is 45.0 Å². The normalized spacial score (nSPS) is 12.1. The van der Waals surface area contributed by atoms with E-state index in [1.165, 1.54) is 7.11 Å². The van der Waals surface area contributed by atoms with Gasteiger partial charge in [-0.15, -0.1) is 0 Å². The lowest BCUT2D eigenvalue weighted by molar-refractivity contribution is -0.115. The first kappa shape index (κ1) is 24.5. The lowest BCUT2D eigenvalue weighted by Crippen LogP contribution is -2.31. The van der Waals surface area contributed by atoms with E-state index in [9.17, 15) is 9.59 Å². The molecule has 0 bridgehead atoms. The van der Waals surface area contributed by atoms with E-state index in [4.69, 9.17) is 10.5 Å². The van der Waals surface area contributed by atoms with E-state index in [1.807, 2.05) is 41.9 Å².